The standard InChI is InChI=1S/C17H25N5O6S.ClH/c1-10(20-3-13(23)19-14(24)4-20)11(2)21-5-15(25)22(16(26)6-21)9-28-17(27)12-7-29-8-18-12;/h10-12,18H,3-9H2,1-2H3,(H,19,23,24);1H. The number of halogens is 1. The number of nitrogens with one attached hydrogen (secondary N) is 2. The minimum Gasteiger partial charge on any atom is -0.442 e. The number of hydrogen-bond acceptors (Lipinski definition) is 10. The fraction of sp³-hybridized carbons (Fsp3) is 0.706. The lowest BCUT2D eigenvalue weighted by molar-refractivity contribution is -0.165. The van der Waals surface area contributed by atoms with E-state index in [0.717, 1.165) is 4.90 Å². The average molecular weight is 464 g/mol. The van der Waals surface area contributed by atoms with Crippen molar-refractivity contribution in [3.63, 3.8) is 0 Å². The molecule has 0 aromatic carbocycles. The van der Waals surface area contributed by atoms with Crippen molar-refractivity contribution in [1.82, 2.24) is 25.3 Å². The number of nitrogens with zero attached hydrogens (tertiary/aromatic N) is 3. The zero-order valence-electron chi connectivity index (χ0n) is 16.8. The molecule has 2 N–H and O–H groups in total. The van der Waals surface area contributed by atoms with Crippen molar-refractivity contribution in [2.45, 2.75) is 32.0 Å². The van der Waals surface area contributed by atoms with Crippen molar-refractivity contribution in [2.24, 2.45) is 0 Å². The molecule has 0 aliphatic carbocycles. The second kappa shape index (κ2) is 10.5. The fourth-order valence-corrected chi connectivity index (χ4v) is 4.40. The van der Waals surface area contributed by atoms with Crippen molar-refractivity contribution in [3.05, 3.63) is 0 Å². The lowest BCUT2D eigenvalue weighted by Crippen LogP contribution is -2.62. The van der Waals surface area contributed by atoms with E-state index in [2.05, 4.69) is 10.6 Å². The van der Waals surface area contributed by atoms with E-state index in [-0.39, 0.29) is 62.5 Å². The number of carbonyl (C=O) groups excluding carboxylic acids is 5. The molecule has 3 aliphatic rings. The molecule has 13 heteroatoms. The molecule has 3 rings (SSSR count). The first-order valence-electron chi connectivity index (χ1n) is 9.38. The Kier molecular flexibility index (Phi) is 8.62. The molecule has 3 atom stereocenters. The highest BCUT2D eigenvalue weighted by Gasteiger charge is 2.38. The molecule has 4 amide bonds. The molecule has 3 unspecified atom stereocenters. The molecule has 0 aromatic rings. The van der Waals surface area contributed by atoms with Gasteiger partial charge in [-0.05, 0) is 13.8 Å². The summed E-state index contributed by atoms with van der Waals surface area (Å²) >= 11 is 1.58. The maximum atomic E-state index is 12.5. The summed E-state index contributed by atoms with van der Waals surface area (Å²) in [6.07, 6.45) is 0. The monoisotopic (exact) mass is 463 g/mol. The third-order valence-corrected chi connectivity index (χ3v) is 6.38. The SMILES string of the molecule is CC(C(C)N1CC(=O)N(COC(=O)C2CSCN2)C(=O)C1)N1CC(=O)NC(=O)C1.Cl. The predicted octanol–water partition coefficient (Wildman–Crippen LogP) is -2.02. The summed E-state index contributed by atoms with van der Waals surface area (Å²) in [4.78, 5) is 64.5. The van der Waals surface area contributed by atoms with E-state index in [4.69, 9.17) is 4.74 Å². The summed E-state index contributed by atoms with van der Waals surface area (Å²) in [5.74, 6) is -0.849. The van der Waals surface area contributed by atoms with Gasteiger partial charge in [0.1, 0.15) is 6.04 Å². The molecule has 0 spiro atoms. The number of piperazine rings is 2. The number of rotatable bonds is 6. The highest BCUT2D eigenvalue weighted by molar-refractivity contribution is 7.99. The smallest absolute Gasteiger partial charge is 0.325 e. The Bertz CT molecular complexity index is 685. The van der Waals surface area contributed by atoms with Gasteiger partial charge in [0.25, 0.3) is 0 Å². The summed E-state index contributed by atoms with van der Waals surface area (Å²) in [5.41, 5.74) is 0. The zero-order valence-corrected chi connectivity index (χ0v) is 18.4. The van der Waals surface area contributed by atoms with Gasteiger partial charge in [-0.3, -0.25) is 44.4 Å². The molecule has 11 nitrogen and oxygen atoms in total. The summed E-state index contributed by atoms with van der Waals surface area (Å²) < 4.78 is 5.13. The lowest BCUT2D eigenvalue weighted by atomic mass is 10.1. The van der Waals surface area contributed by atoms with E-state index in [0.29, 0.717) is 11.6 Å². The van der Waals surface area contributed by atoms with Crippen LogP contribution in [0.3, 0.4) is 0 Å². The van der Waals surface area contributed by atoms with E-state index in [1.54, 1.807) is 21.6 Å². The minimum atomic E-state index is -0.479. The Morgan fingerprint density at radius 2 is 1.57 bits per heavy atom. The van der Waals surface area contributed by atoms with Gasteiger partial charge in [0.2, 0.25) is 23.6 Å². The number of imide groups is 2. The third-order valence-electron chi connectivity index (χ3n) is 5.44. The number of thioether (sulfide) groups is 1. The predicted molar refractivity (Wildman–Crippen MR) is 110 cm³/mol. The first-order chi connectivity index (χ1) is 13.8. The van der Waals surface area contributed by atoms with Crippen LogP contribution in [0, 0.1) is 0 Å². The number of amides is 4. The Morgan fingerprint density at radius 3 is 2.07 bits per heavy atom. The molecule has 0 radical (unpaired) electrons. The maximum absolute atomic E-state index is 12.5. The summed E-state index contributed by atoms with van der Waals surface area (Å²) in [7, 11) is 0. The highest BCUT2D eigenvalue weighted by Crippen LogP contribution is 2.17. The second-order valence-electron chi connectivity index (χ2n) is 7.34. The quantitative estimate of drug-likeness (QED) is 0.336. The Hall–Kier alpha value is -1.73. The van der Waals surface area contributed by atoms with Crippen molar-refractivity contribution in [3.8, 4) is 0 Å². The molecular weight excluding hydrogens is 438 g/mol. The molecule has 0 aromatic heterocycles. The molecule has 3 saturated heterocycles. The largest absolute Gasteiger partial charge is 0.442 e. The van der Waals surface area contributed by atoms with Gasteiger partial charge in [0, 0.05) is 23.7 Å². The van der Waals surface area contributed by atoms with Crippen LogP contribution < -0.4 is 10.6 Å². The van der Waals surface area contributed by atoms with Crippen LogP contribution in [-0.4, -0.2) is 107 Å². The molecule has 3 aliphatic heterocycles. The number of ether oxygens (including phenoxy) is 1. The Morgan fingerprint density at radius 1 is 1.03 bits per heavy atom. The molecular formula is C17H26ClN5O6S. The van der Waals surface area contributed by atoms with Crippen molar-refractivity contribution in [1.29, 1.82) is 0 Å². The zero-order chi connectivity index (χ0) is 21.1. The van der Waals surface area contributed by atoms with E-state index in [1.165, 1.54) is 0 Å². The number of carbonyl (C=O) groups is 5. The first-order valence-corrected chi connectivity index (χ1v) is 10.5. The van der Waals surface area contributed by atoms with E-state index in [1.807, 2.05) is 13.8 Å². The average Bonchev–Trinajstić information content (AvgIpc) is 3.20. The molecule has 0 bridgehead atoms. The van der Waals surface area contributed by atoms with Crippen LogP contribution in [-0.2, 0) is 28.7 Å². The molecule has 3 heterocycles. The van der Waals surface area contributed by atoms with Crippen molar-refractivity contribution >= 4 is 53.8 Å². The molecule has 0 saturated carbocycles. The Balaban J connectivity index is 0.00000320. The maximum Gasteiger partial charge on any atom is 0.325 e. The summed E-state index contributed by atoms with van der Waals surface area (Å²) in [6, 6.07) is -0.885. The number of esters is 1. The highest BCUT2D eigenvalue weighted by atomic mass is 35.5. The minimum absolute atomic E-state index is 0. The topological polar surface area (TPSA) is 128 Å². The van der Waals surface area contributed by atoms with Gasteiger partial charge in [-0.1, -0.05) is 0 Å². The van der Waals surface area contributed by atoms with Crippen LogP contribution in [0.1, 0.15) is 13.8 Å². The van der Waals surface area contributed by atoms with Gasteiger partial charge >= 0.3 is 5.97 Å². The van der Waals surface area contributed by atoms with Gasteiger partial charge in [-0.25, -0.2) is 4.90 Å². The second-order valence-corrected chi connectivity index (χ2v) is 8.37. The first kappa shape index (κ1) is 24.5. The van der Waals surface area contributed by atoms with Crippen LogP contribution in [0.4, 0.5) is 0 Å². The fourth-order valence-electron chi connectivity index (χ4n) is 3.48. The van der Waals surface area contributed by atoms with Crippen LogP contribution in [0.25, 0.3) is 0 Å². The van der Waals surface area contributed by atoms with Crippen LogP contribution in [0.15, 0.2) is 0 Å². The van der Waals surface area contributed by atoms with Gasteiger partial charge in [-0.2, -0.15) is 0 Å². The van der Waals surface area contributed by atoms with Gasteiger partial charge in [-0.15, -0.1) is 24.2 Å². The molecule has 3 fully saturated rings. The molecule has 30 heavy (non-hydrogen) atoms. The van der Waals surface area contributed by atoms with Gasteiger partial charge in [0.05, 0.1) is 26.2 Å². The normalized spacial score (nSPS) is 25.5. The molecule has 168 valence electrons. The van der Waals surface area contributed by atoms with Crippen LogP contribution in [0.2, 0.25) is 0 Å². The van der Waals surface area contributed by atoms with Gasteiger partial charge in [0.15, 0.2) is 6.73 Å². The third kappa shape index (κ3) is 5.70. The number of hydrogen-bond donors (Lipinski definition) is 2. The van der Waals surface area contributed by atoms with Crippen molar-refractivity contribution in [2.75, 3.05) is 44.5 Å². The summed E-state index contributed by atoms with van der Waals surface area (Å²) in [6.45, 7) is 3.46. The van der Waals surface area contributed by atoms with Crippen molar-refractivity contribution < 1.29 is 28.7 Å². The van der Waals surface area contributed by atoms with Crippen LogP contribution >= 0.6 is 24.2 Å². The Labute approximate surface area is 184 Å². The van der Waals surface area contributed by atoms with Crippen LogP contribution in [0.5, 0.6) is 0 Å². The lowest BCUT2D eigenvalue weighted by Gasteiger charge is -2.41. The van der Waals surface area contributed by atoms with E-state index >= 15 is 0 Å². The van der Waals surface area contributed by atoms with Gasteiger partial charge < -0.3 is 4.74 Å². The van der Waals surface area contributed by atoms with E-state index in [9.17, 15) is 24.0 Å². The van der Waals surface area contributed by atoms with E-state index < -0.39 is 30.6 Å². The summed E-state index contributed by atoms with van der Waals surface area (Å²) in [5, 5.41) is 5.22.